The molecular weight excluding hydrogens is 214 g/mol. The van der Waals surface area contributed by atoms with E-state index in [1.54, 1.807) is 7.11 Å². The molecule has 0 radical (unpaired) electrons. The van der Waals surface area contributed by atoms with Crippen LogP contribution >= 0.6 is 0 Å². The summed E-state index contributed by atoms with van der Waals surface area (Å²) in [6.45, 7) is 6.56. The normalized spacial score (nSPS) is 27.2. The number of likely N-dealkylation sites (tertiary alicyclic amines) is 1. The third-order valence-electron chi connectivity index (χ3n) is 4.04. The maximum Gasteiger partial charge on any atom is 0.126 e. The topological polar surface area (TPSA) is 21.7 Å². The quantitative estimate of drug-likeness (QED) is 0.781. The second-order valence-corrected chi connectivity index (χ2v) is 4.93. The molecule has 1 saturated heterocycles. The van der Waals surface area contributed by atoms with Crippen LogP contribution in [0.4, 0.5) is 0 Å². The van der Waals surface area contributed by atoms with Crippen molar-refractivity contribution in [2.24, 2.45) is 5.92 Å². The van der Waals surface area contributed by atoms with Crippen LogP contribution in [0.5, 0.6) is 11.5 Å². The number of fused-ring (bicyclic) bond motifs is 3. The molecule has 0 amide bonds. The fraction of sp³-hybridized carbons (Fsp3) is 0.571. The molecule has 1 aromatic carbocycles. The molecule has 3 nitrogen and oxygen atoms in total. The van der Waals surface area contributed by atoms with Gasteiger partial charge in [-0.3, -0.25) is 0 Å². The molecule has 0 unspecified atom stereocenters. The molecule has 1 aromatic rings. The van der Waals surface area contributed by atoms with Crippen LogP contribution < -0.4 is 9.47 Å². The number of benzene rings is 1. The molecule has 3 rings (SSSR count). The van der Waals surface area contributed by atoms with Gasteiger partial charge in [0.25, 0.3) is 0 Å². The Balaban J connectivity index is 1.91. The zero-order chi connectivity index (χ0) is 11.8. The van der Waals surface area contributed by atoms with Crippen LogP contribution in [-0.2, 0) is 0 Å². The van der Waals surface area contributed by atoms with Crippen molar-refractivity contribution in [1.29, 1.82) is 0 Å². The van der Waals surface area contributed by atoms with Gasteiger partial charge in [0, 0.05) is 31.0 Å². The Labute approximate surface area is 102 Å². The summed E-state index contributed by atoms with van der Waals surface area (Å²) in [7, 11) is 1.70. The van der Waals surface area contributed by atoms with Gasteiger partial charge in [-0.2, -0.15) is 0 Å². The van der Waals surface area contributed by atoms with E-state index < -0.39 is 0 Å². The van der Waals surface area contributed by atoms with Crippen molar-refractivity contribution in [2.45, 2.75) is 12.8 Å². The van der Waals surface area contributed by atoms with Gasteiger partial charge >= 0.3 is 0 Å². The first-order valence-corrected chi connectivity index (χ1v) is 6.35. The van der Waals surface area contributed by atoms with Gasteiger partial charge in [-0.1, -0.05) is 13.0 Å². The van der Waals surface area contributed by atoms with Crippen LogP contribution in [0.25, 0.3) is 0 Å². The van der Waals surface area contributed by atoms with Crippen LogP contribution in [0.1, 0.15) is 18.4 Å². The third kappa shape index (κ3) is 1.78. The molecule has 2 heterocycles. The molecule has 0 bridgehead atoms. The lowest BCUT2D eigenvalue weighted by molar-refractivity contribution is 0.212. The van der Waals surface area contributed by atoms with E-state index in [1.807, 2.05) is 12.1 Å². The molecule has 2 aliphatic rings. The average Bonchev–Trinajstić information content (AvgIpc) is 2.81. The minimum Gasteiger partial charge on any atom is -0.497 e. The Morgan fingerprint density at radius 1 is 1.41 bits per heavy atom. The largest absolute Gasteiger partial charge is 0.497 e. The molecule has 2 atom stereocenters. The van der Waals surface area contributed by atoms with E-state index in [-0.39, 0.29) is 0 Å². The van der Waals surface area contributed by atoms with Crippen molar-refractivity contribution in [1.82, 2.24) is 4.90 Å². The van der Waals surface area contributed by atoms with Crippen molar-refractivity contribution in [2.75, 3.05) is 33.4 Å². The van der Waals surface area contributed by atoms with Crippen LogP contribution in [0, 0.1) is 5.92 Å². The molecule has 2 aliphatic heterocycles. The van der Waals surface area contributed by atoms with Crippen LogP contribution in [-0.4, -0.2) is 38.3 Å². The zero-order valence-electron chi connectivity index (χ0n) is 10.5. The zero-order valence-corrected chi connectivity index (χ0v) is 10.5. The lowest BCUT2D eigenvalue weighted by Crippen LogP contribution is -2.25. The smallest absolute Gasteiger partial charge is 0.126 e. The average molecular weight is 233 g/mol. The van der Waals surface area contributed by atoms with E-state index in [0.29, 0.717) is 11.8 Å². The van der Waals surface area contributed by atoms with Crippen molar-refractivity contribution in [3.63, 3.8) is 0 Å². The molecule has 0 spiro atoms. The fourth-order valence-corrected chi connectivity index (χ4v) is 3.01. The predicted molar refractivity (Wildman–Crippen MR) is 66.8 cm³/mol. The highest BCUT2D eigenvalue weighted by Gasteiger charge is 2.38. The van der Waals surface area contributed by atoms with E-state index in [1.165, 1.54) is 18.7 Å². The number of hydrogen-bond donors (Lipinski definition) is 0. The van der Waals surface area contributed by atoms with Crippen LogP contribution in [0.15, 0.2) is 18.2 Å². The Kier molecular flexibility index (Phi) is 2.71. The summed E-state index contributed by atoms with van der Waals surface area (Å²) in [4.78, 5) is 2.51. The molecule has 0 saturated carbocycles. The van der Waals surface area contributed by atoms with E-state index >= 15 is 0 Å². The Morgan fingerprint density at radius 3 is 3.06 bits per heavy atom. The molecule has 1 fully saturated rings. The lowest BCUT2D eigenvalue weighted by Gasteiger charge is -2.28. The fourth-order valence-electron chi connectivity index (χ4n) is 3.01. The maximum atomic E-state index is 5.87. The molecule has 92 valence electrons. The summed E-state index contributed by atoms with van der Waals surface area (Å²) in [6.07, 6.45) is 0. The van der Waals surface area contributed by atoms with E-state index in [4.69, 9.17) is 9.47 Å². The van der Waals surface area contributed by atoms with Gasteiger partial charge in [-0.15, -0.1) is 0 Å². The number of hydrogen-bond acceptors (Lipinski definition) is 3. The highest BCUT2D eigenvalue weighted by Crippen LogP contribution is 2.42. The molecule has 0 N–H and O–H groups in total. The molecule has 0 aliphatic carbocycles. The summed E-state index contributed by atoms with van der Waals surface area (Å²) < 4.78 is 11.1. The summed E-state index contributed by atoms with van der Waals surface area (Å²) in [6, 6.07) is 6.23. The van der Waals surface area contributed by atoms with E-state index in [9.17, 15) is 0 Å². The summed E-state index contributed by atoms with van der Waals surface area (Å²) in [5, 5.41) is 0. The molecule has 3 heteroatoms. The number of methoxy groups -OCH3 is 1. The van der Waals surface area contributed by atoms with Gasteiger partial charge in [0.2, 0.25) is 0 Å². The Bertz CT molecular complexity index is 419. The van der Waals surface area contributed by atoms with Gasteiger partial charge in [-0.05, 0) is 18.2 Å². The van der Waals surface area contributed by atoms with Gasteiger partial charge in [0.1, 0.15) is 11.5 Å². The van der Waals surface area contributed by atoms with Crippen molar-refractivity contribution in [3.05, 3.63) is 23.8 Å². The standard InChI is InChI=1S/C14H19NO2/c1-3-15-7-10-9-17-14-6-11(16-2)4-5-12(14)13(10)8-15/h4-6,10,13H,3,7-9H2,1-2H3/t10-,13-/m1/s1. The summed E-state index contributed by atoms with van der Waals surface area (Å²) in [5.74, 6) is 3.21. The first kappa shape index (κ1) is 10.9. The molecule has 17 heavy (non-hydrogen) atoms. The second kappa shape index (κ2) is 4.22. The van der Waals surface area contributed by atoms with Crippen molar-refractivity contribution >= 4 is 0 Å². The number of likely N-dealkylation sites (N-methyl/N-ethyl adjacent to an activating group) is 1. The molecular formula is C14H19NO2. The molecule has 0 aromatic heterocycles. The minimum absolute atomic E-state index is 0.643. The van der Waals surface area contributed by atoms with Gasteiger partial charge in [0.15, 0.2) is 0 Å². The van der Waals surface area contributed by atoms with Crippen molar-refractivity contribution in [3.8, 4) is 11.5 Å². The summed E-state index contributed by atoms with van der Waals surface area (Å²) in [5.41, 5.74) is 1.36. The monoisotopic (exact) mass is 233 g/mol. The predicted octanol–water partition coefficient (Wildman–Crippen LogP) is 2.12. The van der Waals surface area contributed by atoms with Gasteiger partial charge < -0.3 is 14.4 Å². The van der Waals surface area contributed by atoms with Crippen LogP contribution in [0.3, 0.4) is 0 Å². The third-order valence-corrected chi connectivity index (χ3v) is 4.04. The summed E-state index contributed by atoms with van der Waals surface area (Å²) >= 11 is 0. The lowest BCUT2D eigenvalue weighted by atomic mass is 9.87. The number of rotatable bonds is 2. The second-order valence-electron chi connectivity index (χ2n) is 4.93. The first-order chi connectivity index (χ1) is 8.31. The first-order valence-electron chi connectivity index (χ1n) is 6.35. The highest BCUT2D eigenvalue weighted by molar-refractivity contribution is 5.45. The van der Waals surface area contributed by atoms with Gasteiger partial charge in [0.05, 0.1) is 13.7 Å². The Morgan fingerprint density at radius 2 is 2.29 bits per heavy atom. The van der Waals surface area contributed by atoms with Crippen molar-refractivity contribution < 1.29 is 9.47 Å². The SMILES string of the molecule is CCN1C[C@@H]2COc3cc(OC)ccc3[C@@H]2C1. The van der Waals surface area contributed by atoms with Crippen LogP contribution in [0.2, 0.25) is 0 Å². The highest BCUT2D eigenvalue weighted by atomic mass is 16.5. The number of ether oxygens (including phenoxy) is 2. The van der Waals surface area contributed by atoms with E-state index in [0.717, 1.165) is 24.7 Å². The minimum atomic E-state index is 0.643. The van der Waals surface area contributed by atoms with Gasteiger partial charge in [-0.25, -0.2) is 0 Å². The maximum absolute atomic E-state index is 5.87. The van der Waals surface area contributed by atoms with E-state index in [2.05, 4.69) is 17.9 Å². The Hall–Kier alpha value is -1.22. The number of nitrogens with zero attached hydrogens (tertiary/aromatic N) is 1.